The Kier molecular flexibility index (Phi) is 9.09. The van der Waals surface area contributed by atoms with Gasteiger partial charge >= 0.3 is 0 Å². The third-order valence-electron chi connectivity index (χ3n) is 0.653. The summed E-state index contributed by atoms with van der Waals surface area (Å²) in [5.74, 6) is 2.40. The normalized spacial score (nSPS) is 9.75. The van der Waals surface area contributed by atoms with Crippen molar-refractivity contribution in [2.45, 2.75) is 13.3 Å². The second-order valence-corrected chi connectivity index (χ2v) is 3.27. The lowest BCUT2D eigenvalue weighted by Crippen LogP contribution is -1.87. The van der Waals surface area contributed by atoms with Gasteiger partial charge in [0.05, 0.1) is 6.61 Å². The van der Waals surface area contributed by atoms with Crippen LogP contribution in [0, 0.1) is 0 Å². The van der Waals surface area contributed by atoms with E-state index >= 15 is 0 Å². The maximum absolute atomic E-state index is 4.84. The van der Waals surface area contributed by atoms with E-state index in [0.717, 1.165) is 12.4 Å². The van der Waals surface area contributed by atoms with Crippen LogP contribution in [0.15, 0.2) is 0 Å². The average Bonchev–Trinajstić information content (AvgIpc) is 1.81. The highest BCUT2D eigenvalue weighted by molar-refractivity contribution is 14.1. The third-order valence-corrected chi connectivity index (χ3v) is 2.25. The first-order valence-electron chi connectivity index (χ1n) is 2.73. The second-order valence-electron chi connectivity index (χ2n) is 1.43. The van der Waals surface area contributed by atoms with Gasteiger partial charge in [0, 0.05) is 5.75 Å². The number of rotatable bonds is 5. The van der Waals surface area contributed by atoms with E-state index in [9.17, 15) is 0 Å². The third kappa shape index (κ3) is 7.04. The zero-order valence-electron chi connectivity index (χ0n) is 5.02. The zero-order valence-corrected chi connectivity index (χ0v) is 8.00. The first kappa shape index (κ1) is 9.04. The molecule has 0 bridgehead atoms. The molecule has 50 valence electrons. The molecule has 0 amide bonds. The van der Waals surface area contributed by atoms with Gasteiger partial charge in [0.15, 0.2) is 0 Å². The molecule has 0 fully saturated rings. The second kappa shape index (κ2) is 8.04. The van der Waals surface area contributed by atoms with E-state index in [0.29, 0.717) is 0 Å². The molecule has 3 heteroatoms. The van der Waals surface area contributed by atoms with Crippen molar-refractivity contribution >= 4 is 34.8 Å². The average molecular weight is 246 g/mol. The minimum absolute atomic E-state index is 0.880. The van der Waals surface area contributed by atoms with Gasteiger partial charge in [-0.15, -0.1) is 0 Å². The Morgan fingerprint density at radius 2 is 2.25 bits per heavy atom. The molecule has 0 aliphatic heterocycles. The lowest BCUT2D eigenvalue weighted by Gasteiger charge is -1.94. The van der Waals surface area contributed by atoms with Crippen molar-refractivity contribution in [1.29, 1.82) is 0 Å². The molecule has 0 rings (SSSR count). The van der Waals surface area contributed by atoms with Crippen molar-refractivity contribution < 1.29 is 3.07 Å². The van der Waals surface area contributed by atoms with Crippen LogP contribution in [0.4, 0.5) is 0 Å². The van der Waals surface area contributed by atoms with Gasteiger partial charge in [0.1, 0.15) is 23.0 Å². The van der Waals surface area contributed by atoms with Gasteiger partial charge in [0.2, 0.25) is 0 Å². The van der Waals surface area contributed by atoms with Crippen molar-refractivity contribution in [3.05, 3.63) is 0 Å². The lowest BCUT2D eigenvalue weighted by atomic mass is 10.6. The number of hydrogen-bond donors (Lipinski definition) is 0. The topological polar surface area (TPSA) is 9.23 Å². The van der Waals surface area contributed by atoms with Gasteiger partial charge in [-0.1, -0.05) is 6.92 Å². The van der Waals surface area contributed by atoms with Gasteiger partial charge in [-0.25, -0.2) is 0 Å². The van der Waals surface area contributed by atoms with Crippen molar-refractivity contribution in [1.82, 2.24) is 0 Å². The molecule has 0 saturated carbocycles. The van der Waals surface area contributed by atoms with Gasteiger partial charge < -0.3 is 3.07 Å². The van der Waals surface area contributed by atoms with Crippen LogP contribution in [-0.4, -0.2) is 18.1 Å². The quantitative estimate of drug-likeness (QED) is 0.544. The number of halogens is 1. The molecular formula is C5H11IOS. The van der Waals surface area contributed by atoms with Crippen molar-refractivity contribution in [3.8, 4) is 0 Å². The molecule has 0 aliphatic carbocycles. The monoisotopic (exact) mass is 246 g/mol. The number of thioether (sulfide) groups is 1. The zero-order chi connectivity index (χ0) is 6.24. The molecule has 1 nitrogen and oxygen atoms in total. The molecule has 0 aliphatic rings. The van der Waals surface area contributed by atoms with E-state index in [1.54, 1.807) is 0 Å². The van der Waals surface area contributed by atoms with Crippen LogP contribution in [0.25, 0.3) is 0 Å². The summed E-state index contributed by atoms with van der Waals surface area (Å²) in [6.45, 7) is 3.07. The summed E-state index contributed by atoms with van der Waals surface area (Å²) < 4.78 is 4.84. The Morgan fingerprint density at radius 1 is 1.50 bits per heavy atom. The first-order chi connectivity index (χ1) is 3.91. The Balaban J connectivity index is 2.53. The predicted molar refractivity (Wildman–Crippen MR) is 47.6 cm³/mol. The van der Waals surface area contributed by atoms with Crippen LogP contribution in [0.3, 0.4) is 0 Å². The standard InChI is InChI=1S/C5H11IOS/c1-2-4-8-5-3-7-6/h2-5H2,1H3. The summed E-state index contributed by atoms with van der Waals surface area (Å²) in [4.78, 5) is 0. The van der Waals surface area contributed by atoms with Crippen LogP contribution < -0.4 is 0 Å². The first-order valence-corrected chi connectivity index (χ1v) is 4.76. The van der Waals surface area contributed by atoms with E-state index < -0.39 is 0 Å². The molecule has 0 N–H and O–H groups in total. The van der Waals surface area contributed by atoms with Gasteiger partial charge in [-0.2, -0.15) is 11.8 Å². The van der Waals surface area contributed by atoms with Crippen molar-refractivity contribution in [3.63, 3.8) is 0 Å². The summed E-state index contributed by atoms with van der Waals surface area (Å²) in [5, 5.41) is 0. The maximum atomic E-state index is 4.84. The molecule has 8 heavy (non-hydrogen) atoms. The Bertz CT molecular complexity index is 37.4. The van der Waals surface area contributed by atoms with Crippen LogP contribution >= 0.6 is 34.8 Å². The highest BCUT2D eigenvalue weighted by Gasteiger charge is 1.84. The van der Waals surface area contributed by atoms with Crippen molar-refractivity contribution in [2.75, 3.05) is 18.1 Å². The summed E-state index contributed by atoms with van der Waals surface area (Å²) in [5.41, 5.74) is 0. The molecule has 0 aromatic rings. The smallest absolute Gasteiger partial charge is 0.109 e. The summed E-state index contributed by atoms with van der Waals surface area (Å²) in [6, 6.07) is 0. The number of hydrogen-bond acceptors (Lipinski definition) is 2. The lowest BCUT2D eigenvalue weighted by molar-refractivity contribution is 0.463. The minimum Gasteiger partial charge on any atom is -0.315 e. The molecular weight excluding hydrogens is 235 g/mol. The largest absolute Gasteiger partial charge is 0.315 e. The minimum atomic E-state index is 0.880. The van der Waals surface area contributed by atoms with E-state index in [-0.39, 0.29) is 0 Å². The van der Waals surface area contributed by atoms with E-state index in [2.05, 4.69) is 6.92 Å². The van der Waals surface area contributed by atoms with Crippen LogP contribution in [0.5, 0.6) is 0 Å². The van der Waals surface area contributed by atoms with Crippen molar-refractivity contribution in [2.24, 2.45) is 0 Å². The molecule has 0 aromatic heterocycles. The molecule has 0 saturated heterocycles. The summed E-state index contributed by atoms with van der Waals surface area (Å²) in [6.07, 6.45) is 1.27. The van der Waals surface area contributed by atoms with Crippen LogP contribution in [0.2, 0.25) is 0 Å². The Labute approximate surface area is 69.2 Å². The molecule has 0 radical (unpaired) electrons. The highest BCUT2D eigenvalue weighted by atomic mass is 127. The SMILES string of the molecule is CCCSCCOI. The van der Waals surface area contributed by atoms with Crippen LogP contribution in [-0.2, 0) is 3.07 Å². The fraction of sp³-hybridized carbons (Fsp3) is 1.00. The molecule has 0 spiro atoms. The van der Waals surface area contributed by atoms with Crippen LogP contribution in [0.1, 0.15) is 13.3 Å². The Hall–Kier alpha value is 1.04. The van der Waals surface area contributed by atoms with E-state index in [1.165, 1.54) is 12.2 Å². The van der Waals surface area contributed by atoms with Gasteiger partial charge in [-0.05, 0) is 12.2 Å². The molecule has 0 unspecified atom stereocenters. The van der Waals surface area contributed by atoms with Gasteiger partial charge in [-0.3, -0.25) is 0 Å². The van der Waals surface area contributed by atoms with Gasteiger partial charge in [0.25, 0.3) is 0 Å². The fourth-order valence-corrected chi connectivity index (χ4v) is 1.55. The predicted octanol–water partition coefficient (Wildman–Crippen LogP) is 2.50. The summed E-state index contributed by atoms with van der Waals surface area (Å²) >= 11 is 3.87. The molecule has 0 atom stereocenters. The maximum Gasteiger partial charge on any atom is 0.109 e. The molecule has 0 aromatic carbocycles. The van der Waals surface area contributed by atoms with E-state index in [4.69, 9.17) is 3.07 Å². The Morgan fingerprint density at radius 3 is 2.75 bits per heavy atom. The van der Waals surface area contributed by atoms with E-state index in [1.807, 2.05) is 34.8 Å². The highest BCUT2D eigenvalue weighted by Crippen LogP contribution is 2.01. The molecule has 0 heterocycles. The fourth-order valence-electron chi connectivity index (χ4n) is 0.337. The summed E-state index contributed by atoms with van der Waals surface area (Å²) in [7, 11) is 0.